The number of aromatic nitrogens is 2. The van der Waals surface area contributed by atoms with E-state index in [0.717, 1.165) is 10.0 Å². The maximum Gasteiger partial charge on any atom is 0.175 e. The van der Waals surface area contributed by atoms with Gasteiger partial charge in [-0.3, -0.25) is 4.68 Å². The van der Waals surface area contributed by atoms with Gasteiger partial charge in [-0.25, -0.2) is 0 Å². The van der Waals surface area contributed by atoms with Crippen molar-refractivity contribution in [3.63, 3.8) is 0 Å². The summed E-state index contributed by atoms with van der Waals surface area (Å²) in [5.41, 5.74) is 6.62. The SMILES string of the molecule is COc1cc(CN)cc(Br)c1OCCn1cccn1. The van der Waals surface area contributed by atoms with Crippen molar-refractivity contribution in [2.75, 3.05) is 13.7 Å². The summed E-state index contributed by atoms with van der Waals surface area (Å²) in [6.07, 6.45) is 3.64. The predicted molar refractivity (Wildman–Crippen MR) is 76.3 cm³/mol. The Kier molecular flexibility index (Phi) is 4.81. The highest BCUT2D eigenvalue weighted by atomic mass is 79.9. The maximum absolute atomic E-state index is 5.76. The van der Waals surface area contributed by atoms with Gasteiger partial charge in [0.15, 0.2) is 11.5 Å². The molecule has 0 saturated carbocycles. The molecule has 2 N–H and O–H groups in total. The Morgan fingerprint density at radius 2 is 2.26 bits per heavy atom. The second kappa shape index (κ2) is 6.58. The first-order valence-corrected chi connectivity index (χ1v) is 6.70. The van der Waals surface area contributed by atoms with E-state index in [1.807, 2.05) is 29.1 Å². The summed E-state index contributed by atoms with van der Waals surface area (Å²) in [6, 6.07) is 5.70. The Balaban J connectivity index is 2.06. The summed E-state index contributed by atoms with van der Waals surface area (Å²) in [4.78, 5) is 0. The van der Waals surface area contributed by atoms with E-state index in [-0.39, 0.29) is 0 Å². The first kappa shape index (κ1) is 13.9. The fourth-order valence-electron chi connectivity index (χ4n) is 1.71. The van der Waals surface area contributed by atoms with Gasteiger partial charge in [0.05, 0.1) is 18.1 Å². The number of hydrogen-bond acceptors (Lipinski definition) is 4. The molecule has 5 nitrogen and oxygen atoms in total. The number of benzene rings is 1. The third-order valence-corrected chi connectivity index (χ3v) is 3.24. The highest BCUT2D eigenvalue weighted by Gasteiger charge is 2.11. The molecule has 19 heavy (non-hydrogen) atoms. The lowest BCUT2D eigenvalue weighted by Crippen LogP contribution is -2.09. The minimum absolute atomic E-state index is 0.461. The molecule has 0 aliphatic rings. The molecule has 0 fully saturated rings. The van der Waals surface area contributed by atoms with Crippen LogP contribution in [0.5, 0.6) is 11.5 Å². The second-order valence-electron chi connectivity index (χ2n) is 3.93. The number of nitrogens with two attached hydrogens (primary N) is 1. The quantitative estimate of drug-likeness (QED) is 0.884. The molecule has 2 aromatic rings. The van der Waals surface area contributed by atoms with Crippen LogP contribution in [0.25, 0.3) is 0 Å². The van der Waals surface area contributed by atoms with E-state index in [0.29, 0.717) is 31.2 Å². The molecule has 0 aliphatic carbocycles. The van der Waals surface area contributed by atoms with Gasteiger partial charge in [-0.1, -0.05) is 0 Å². The molecule has 0 bridgehead atoms. The predicted octanol–water partition coefficient (Wildman–Crippen LogP) is 2.19. The van der Waals surface area contributed by atoms with Crippen LogP contribution >= 0.6 is 15.9 Å². The number of rotatable bonds is 6. The summed E-state index contributed by atoms with van der Waals surface area (Å²) in [5.74, 6) is 1.36. The fraction of sp³-hybridized carbons (Fsp3) is 0.308. The Hall–Kier alpha value is -1.53. The monoisotopic (exact) mass is 325 g/mol. The standard InChI is InChI=1S/C13H16BrN3O2/c1-18-12-8-10(9-15)7-11(14)13(12)19-6-5-17-4-2-3-16-17/h2-4,7-8H,5-6,9,15H2,1H3. The largest absolute Gasteiger partial charge is 0.493 e. The van der Waals surface area contributed by atoms with E-state index in [1.165, 1.54) is 0 Å². The van der Waals surface area contributed by atoms with Gasteiger partial charge in [-0.15, -0.1) is 0 Å². The summed E-state index contributed by atoms with van der Waals surface area (Å²) in [6.45, 7) is 1.66. The number of ether oxygens (including phenoxy) is 2. The lowest BCUT2D eigenvalue weighted by atomic mass is 10.2. The van der Waals surface area contributed by atoms with Crippen LogP contribution in [0.1, 0.15) is 5.56 Å². The Labute approximate surface area is 120 Å². The van der Waals surface area contributed by atoms with E-state index >= 15 is 0 Å². The van der Waals surface area contributed by atoms with Crippen LogP contribution in [0.15, 0.2) is 35.1 Å². The zero-order valence-electron chi connectivity index (χ0n) is 10.7. The van der Waals surface area contributed by atoms with Gasteiger partial charge < -0.3 is 15.2 Å². The zero-order chi connectivity index (χ0) is 13.7. The molecule has 1 aromatic heterocycles. The highest BCUT2D eigenvalue weighted by molar-refractivity contribution is 9.10. The van der Waals surface area contributed by atoms with Crippen molar-refractivity contribution in [3.8, 4) is 11.5 Å². The summed E-state index contributed by atoms with van der Waals surface area (Å²) in [7, 11) is 1.61. The molecular formula is C13H16BrN3O2. The first-order valence-electron chi connectivity index (χ1n) is 5.91. The molecule has 102 valence electrons. The molecule has 0 saturated heterocycles. The minimum Gasteiger partial charge on any atom is -0.493 e. The van der Waals surface area contributed by atoms with Gasteiger partial charge in [0, 0.05) is 18.9 Å². The van der Waals surface area contributed by atoms with Crippen molar-refractivity contribution >= 4 is 15.9 Å². The van der Waals surface area contributed by atoms with Gasteiger partial charge in [0.25, 0.3) is 0 Å². The molecule has 1 heterocycles. The summed E-state index contributed by atoms with van der Waals surface area (Å²) >= 11 is 3.48. The summed E-state index contributed by atoms with van der Waals surface area (Å²) in [5, 5.41) is 4.12. The molecular weight excluding hydrogens is 310 g/mol. The van der Waals surface area contributed by atoms with Gasteiger partial charge in [-0.05, 0) is 39.7 Å². The van der Waals surface area contributed by atoms with Crippen LogP contribution in [0.4, 0.5) is 0 Å². The number of methoxy groups -OCH3 is 1. The van der Waals surface area contributed by atoms with E-state index in [9.17, 15) is 0 Å². The zero-order valence-corrected chi connectivity index (χ0v) is 12.3. The average Bonchev–Trinajstić information content (AvgIpc) is 2.93. The van der Waals surface area contributed by atoms with Crippen LogP contribution in [0.3, 0.4) is 0 Å². The van der Waals surface area contributed by atoms with Crippen LogP contribution in [-0.2, 0) is 13.1 Å². The number of halogens is 1. The third kappa shape index (κ3) is 3.48. The van der Waals surface area contributed by atoms with Crippen LogP contribution in [0.2, 0.25) is 0 Å². The van der Waals surface area contributed by atoms with Crippen molar-refractivity contribution in [1.29, 1.82) is 0 Å². The lowest BCUT2D eigenvalue weighted by Gasteiger charge is -2.14. The lowest BCUT2D eigenvalue weighted by molar-refractivity contribution is 0.272. The maximum atomic E-state index is 5.76. The van der Waals surface area contributed by atoms with Gasteiger partial charge in [0.1, 0.15) is 6.61 Å². The smallest absolute Gasteiger partial charge is 0.175 e. The Morgan fingerprint density at radius 3 is 2.89 bits per heavy atom. The Bertz CT molecular complexity index is 529. The fourth-order valence-corrected chi connectivity index (χ4v) is 2.31. The second-order valence-corrected chi connectivity index (χ2v) is 4.79. The molecule has 0 amide bonds. The molecule has 0 spiro atoms. The number of nitrogens with zero attached hydrogens (tertiary/aromatic N) is 2. The van der Waals surface area contributed by atoms with Gasteiger partial charge in [-0.2, -0.15) is 5.10 Å². The average molecular weight is 326 g/mol. The molecule has 1 aromatic carbocycles. The van der Waals surface area contributed by atoms with Crippen LogP contribution < -0.4 is 15.2 Å². The van der Waals surface area contributed by atoms with Gasteiger partial charge in [0.2, 0.25) is 0 Å². The number of hydrogen-bond donors (Lipinski definition) is 1. The first-order chi connectivity index (χ1) is 9.24. The van der Waals surface area contributed by atoms with Gasteiger partial charge >= 0.3 is 0 Å². The molecule has 0 radical (unpaired) electrons. The molecule has 2 rings (SSSR count). The van der Waals surface area contributed by atoms with E-state index in [4.69, 9.17) is 15.2 Å². The van der Waals surface area contributed by atoms with Crippen molar-refractivity contribution < 1.29 is 9.47 Å². The van der Waals surface area contributed by atoms with Crippen LogP contribution in [-0.4, -0.2) is 23.5 Å². The topological polar surface area (TPSA) is 62.3 Å². The molecule has 6 heteroatoms. The van der Waals surface area contributed by atoms with Crippen molar-refractivity contribution in [3.05, 3.63) is 40.6 Å². The highest BCUT2D eigenvalue weighted by Crippen LogP contribution is 2.36. The minimum atomic E-state index is 0.461. The van der Waals surface area contributed by atoms with E-state index in [1.54, 1.807) is 13.3 Å². The van der Waals surface area contributed by atoms with Crippen LogP contribution in [0, 0.1) is 0 Å². The van der Waals surface area contributed by atoms with E-state index in [2.05, 4.69) is 21.0 Å². The molecule has 0 aliphatic heterocycles. The van der Waals surface area contributed by atoms with Crippen molar-refractivity contribution in [2.24, 2.45) is 5.73 Å². The third-order valence-electron chi connectivity index (χ3n) is 2.65. The summed E-state index contributed by atoms with van der Waals surface area (Å²) < 4.78 is 13.7. The van der Waals surface area contributed by atoms with Crippen molar-refractivity contribution in [2.45, 2.75) is 13.1 Å². The molecule has 0 unspecified atom stereocenters. The Morgan fingerprint density at radius 1 is 1.42 bits per heavy atom. The normalized spacial score (nSPS) is 10.5. The molecule has 0 atom stereocenters. The van der Waals surface area contributed by atoms with E-state index < -0.39 is 0 Å². The van der Waals surface area contributed by atoms with Crippen molar-refractivity contribution in [1.82, 2.24) is 9.78 Å².